The first-order chi connectivity index (χ1) is 18.2. The van der Waals surface area contributed by atoms with Crippen molar-refractivity contribution in [1.29, 1.82) is 0 Å². The van der Waals surface area contributed by atoms with Crippen molar-refractivity contribution in [3.63, 3.8) is 0 Å². The molecule has 1 fully saturated rings. The number of cyclic esters (lactones) is 1. The molecule has 2 heterocycles. The summed E-state index contributed by atoms with van der Waals surface area (Å²) in [6.45, 7) is 12.2. The minimum atomic E-state index is -1.07. The number of hydrogen-bond donors (Lipinski definition) is 2. The van der Waals surface area contributed by atoms with Crippen LogP contribution in [0.4, 0.5) is 0 Å². The van der Waals surface area contributed by atoms with Gasteiger partial charge in [-0.15, -0.1) is 0 Å². The molecular weight excluding hydrogens is 504 g/mol. The summed E-state index contributed by atoms with van der Waals surface area (Å²) in [5.74, 6) is -0.965. The Morgan fingerprint density at radius 3 is 2.26 bits per heavy atom. The Balaban J connectivity index is 1.55. The Hall–Kier alpha value is -2.17. The van der Waals surface area contributed by atoms with Gasteiger partial charge in [0.15, 0.2) is 5.79 Å². The average molecular weight is 551 g/mol. The molecule has 9 nitrogen and oxygen atoms in total. The van der Waals surface area contributed by atoms with Crippen LogP contribution in [0, 0.1) is 5.92 Å². The van der Waals surface area contributed by atoms with E-state index in [1.807, 2.05) is 45.0 Å². The Bertz CT molecular complexity index is 971. The molecule has 1 aromatic rings. The number of aliphatic hydroxyl groups is 2. The van der Waals surface area contributed by atoms with Crippen LogP contribution >= 0.6 is 0 Å². The molecule has 0 aliphatic carbocycles. The van der Waals surface area contributed by atoms with Crippen molar-refractivity contribution < 1.29 is 43.4 Å². The second-order valence-electron chi connectivity index (χ2n) is 12.0. The molecule has 220 valence electrons. The van der Waals surface area contributed by atoms with E-state index >= 15 is 0 Å². The zero-order valence-corrected chi connectivity index (χ0v) is 24.4. The molecule has 0 amide bonds. The van der Waals surface area contributed by atoms with Gasteiger partial charge < -0.3 is 38.6 Å². The zero-order chi connectivity index (χ0) is 28.8. The van der Waals surface area contributed by atoms with Gasteiger partial charge >= 0.3 is 5.97 Å². The van der Waals surface area contributed by atoms with Crippen molar-refractivity contribution in [3.05, 3.63) is 41.7 Å². The lowest BCUT2D eigenvalue weighted by Crippen LogP contribution is -2.38. The molecule has 0 radical (unpaired) electrons. The molecule has 2 aliphatic rings. The number of ether oxygens (including phenoxy) is 6. The fourth-order valence-corrected chi connectivity index (χ4v) is 5.11. The van der Waals surface area contributed by atoms with E-state index in [0.29, 0.717) is 38.2 Å². The lowest BCUT2D eigenvalue weighted by molar-refractivity contribution is -0.206. The summed E-state index contributed by atoms with van der Waals surface area (Å²) in [4.78, 5) is 11.7. The fraction of sp³-hybridized carbons (Fsp3) is 0.700. The molecule has 2 aliphatic heterocycles. The van der Waals surface area contributed by atoms with Crippen LogP contribution < -0.4 is 4.74 Å². The summed E-state index contributed by atoms with van der Waals surface area (Å²) < 4.78 is 34.4. The Morgan fingerprint density at radius 1 is 0.974 bits per heavy atom. The largest absolute Gasteiger partial charge is 0.497 e. The highest BCUT2D eigenvalue weighted by Gasteiger charge is 2.44. The maximum Gasteiger partial charge on any atom is 0.337 e. The molecule has 39 heavy (non-hydrogen) atoms. The minimum absolute atomic E-state index is 0.110. The number of methoxy groups -OCH3 is 1. The highest BCUT2D eigenvalue weighted by molar-refractivity contribution is 5.83. The quantitative estimate of drug-likeness (QED) is 0.320. The third-order valence-electron chi connectivity index (χ3n) is 7.05. The van der Waals surface area contributed by atoms with Gasteiger partial charge in [-0.05, 0) is 63.6 Å². The van der Waals surface area contributed by atoms with E-state index in [1.165, 1.54) is 6.08 Å². The van der Waals surface area contributed by atoms with E-state index in [9.17, 15) is 15.0 Å². The molecule has 2 N–H and O–H groups in total. The average Bonchev–Trinajstić information content (AvgIpc) is 3.11. The monoisotopic (exact) mass is 550 g/mol. The number of rotatable bonds is 14. The Kier molecular flexibility index (Phi) is 10.5. The topological polar surface area (TPSA) is 113 Å². The number of aliphatic hydroxyl groups excluding tert-OH is 2. The van der Waals surface area contributed by atoms with Crippen LogP contribution in [0.3, 0.4) is 0 Å². The molecule has 0 aromatic heterocycles. The maximum atomic E-state index is 11.7. The first-order valence-electron chi connectivity index (χ1n) is 13.7. The smallest absolute Gasteiger partial charge is 0.337 e. The van der Waals surface area contributed by atoms with Gasteiger partial charge in [0.1, 0.15) is 11.5 Å². The van der Waals surface area contributed by atoms with Crippen molar-refractivity contribution in [1.82, 2.24) is 0 Å². The lowest BCUT2D eigenvalue weighted by atomic mass is 9.88. The minimum Gasteiger partial charge on any atom is -0.497 e. The highest BCUT2D eigenvalue weighted by Crippen LogP contribution is 2.37. The standard InChI is InChI=1S/C30H46O9/c1-20(8-11-22(31)14-23(32)15-25-16-27(33)38-29(4,5)37-25)26(17-30(6)19-36-28(2,3)39-30)35-18-21-9-12-24(34-7)13-10-21/h9-10,12-13,16,20,22-23,26,31-32H,8,11,14-15,17-19H2,1-7H3/t20-,22+,23-,26+,30?/m1/s1. The van der Waals surface area contributed by atoms with Crippen molar-refractivity contribution in [2.45, 2.75) is 116 Å². The van der Waals surface area contributed by atoms with Crippen molar-refractivity contribution in [2.24, 2.45) is 5.92 Å². The van der Waals surface area contributed by atoms with E-state index in [4.69, 9.17) is 28.4 Å². The Morgan fingerprint density at radius 2 is 1.67 bits per heavy atom. The maximum absolute atomic E-state index is 11.7. The molecule has 1 saturated heterocycles. The van der Waals surface area contributed by atoms with Gasteiger partial charge in [0.2, 0.25) is 5.79 Å². The Labute approximate surface area is 232 Å². The van der Waals surface area contributed by atoms with Crippen LogP contribution in [0.25, 0.3) is 0 Å². The first-order valence-corrected chi connectivity index (χ1v) is 13.7. The summed E-state index contributed by atoms with van der Waals surface area (Å²) in [6.07, 6.45) is 1.67. The molecule has 1 unspecified atom stereocenters. The van der Waals surface area contributed by atoms with Crippen LogP contribution in [-0.2, 0) is 35.1 Å². The van der Waals surface area contributed by atoms with Crippen molar-refractivity contribution in [3.8, 4) is 5.75 Å². The van der Waals surface area contributed by atoms with Gasteiger partial charge in [-0.3, -0.25) is 0 Å². The highest BCUT2D eigenvalue weighted by atomic mass is 16.8. The summed E-state index contributed by atoms with van der Waals surface area (Å²) in [5, 5.41) is 21.2. The lowest BCUT2D eigenvalue weighted by Gasteiger charge is -2.33. The third kappa shape index (κ3) is 10.1. The molecule has 9 heteroatoms. The molecule has 0 spiro atoms. The summed E-state index contributed by atoms with van der Waals surface area (Å²) in [7, 11) is 1.64. The van der Waals surface area contributed by atoms with E-state index < -0.39 is 35.4 Å². The first kappa shape index (κ1) is 31.4. The molecule has 1 aromatic carbocycles. The van der Waals surface area contributed by atoms with Gasteiger partial charge in [-0.1, -0.05) is 19.1 Å². The van der Waals surface area contributed by atoms with Gasteiger partial charge in [0.05, 0.1) is 50.3 Å². The summed E-state index contributed by atoms with van der Waals surface area (Å²) >= 11 is 0. The summed E-state index contributed by atoms with van der Waals surface area (Å²) in [5.41, 5.74) is 0.552. The second-order valence-corrected chi connectivity index (χ2v) is 12.0. The summed E-state index contributed by atoms with van der Waals surface area (Å²) in [6, 6.07) is 7.79. The number of hydrogen-bond acceptors (Lipinski definition) is 9. The van der Waals surface area contributed by atoms with E-state index in [2.05, 4.69) is 6.92 Å². The predicted octanol–water partition coefficient (Wildman–Crippen LogP) is 4.62. The van der Waals surface area contributed by atoms with E-state index in [0.717, 1.165) is 11.3 Å². The van der Waals surface area contributed by atoms with Crippen LogP contribution in [0.5, 0.6) is 5.75 Å². The molecule has 0 bridgehead atoms. The van der Waals surface area contributed by atoms with Crippen molar-refractivity contribution in [2.75, 3.05) is 13.7 Å². The SMILES string of the molecule is COc1ccc(CO[C@@H](CC2(C)COC(C)(C)O2)[C@H](C)CC[C@H](O)C[C@@H](O)CC2=CC(=O)OC(C)(C)O2)cc1. The number of benzene rings is 1. The van der Waals surface area contributed by atoms with Gasteiger partial charge in [-0.2, -0.15) is 0 Å². The zero-order valence-electron chi connectivity index (χ0n) is 24.4. The fourth-order valence-electron chi connectivity index (χ4n) is 5.11. The van der Waals surface area contributed by atoms with Crippen LogP contribution in [0.1, 0.15) is 79.2 Å². The van der Waals surface area contributed by atoms with Gasteiger partial charge in [-0.25, -0.2) is 4.79 Å². The molecule has 5 atom stereocenters. The van der Waals surface area contributed by atoms with E-state index in [-0.39, 0.29) is 24.9 Å². The van der Waals surface area contributed by atoms with Gasteiger partial charge in [0.25, 0.3) is 0 Å². The normalized spacial score (nSPS) is 25.2. The van der Waals surface area contributed by atoms with Gasteiger partial charge in [0, 0.05) is 26.7 Å². The second kappa shape index (κ2) is 13.0. The third-order valence-corrected chi connectivity index (χ3v) is 7.05. The molecular formula is C30H46O9. The molecule has 0 saturated carbocycles. The van der Waals surface area contributed by atoms with Crippen LogP contribution in [0.2, 0.25) is 0 Å². The molecule has 3 rings (SSSR count). The predicted molar refractivity (Wildman–Crippen MR) is 145 cm³/mol. The van der Waals surface area contributed by atoms with Crippen molar-refractivity contribution >= 4 is 5.97 Å². The number of esters is 1. The van der Waals surface area contributed by atoms with E-state index in [1.54, 1.807) is 21.0 Å². The number of carbonyl (C=O) groups is 1. The van der Waals surface area contributed by atoms with Crippen LogP contribution in [-0.4, -0.2) is 65.4 Å². The number of carbonyl (C=O) groups excluding carboxylic acids is 1. The van der Waals surface area contributed by atoms with Crippen LogP contribution in [0.15, 0.2) is 36.1 Å².